The molecule has 5 rings (SSSR count). The molecule has 7 heteroatoms. The van der Waals surface area contributed by atoms with Crippen LogP contribution in [0.15, 0.2) is 48.5 Å². The maximum atomic E-state index is 12.8. The van der Waals surface area contributed by atoms with E-state index in [1.807, 2.05) is 35.2 Å². The summed E-state index contributed by atoms with van der Waals surface area (Å²) in [4.78, 5) is 26.8. The molecule has 0 spiro atoms. The molecular formula is C25H30N6O. The number of fused-ring (bicyclic) bond motifs is 1. The number of rotatable bonds is 5. The Kier molecular flexibility index (Phi) is 5.90. The maximum absolute atomic E-state index is 12.8. The van der Waals surface area contributed by atoms with Crippen molar-refractivity contribution in [1.29, 1.82) is 0 Å². The fraction of sp³-hybridized carbons (Fsp3) is 0.400. The number of carbonyl (C=O) groups is 1. The van der Waals surface area contributed by atoms with Gasteiger partial charge in [0.1, 0.15) is 5.82 Å². The lowest BCUT2D eigenvalue weighted by molar-refractivity contribution is -0.129. The molecule has 7 nitrogen and oxygen atoms in total. The summed E-state index contributed by atoms with van der Waals surface area (Å²) in [6.07, 6.45) is 1.35. The zero-order valence-electron chi connectivity index (χ0n) is 18.6. The molecule has 0 saturated carbocycles. The van der Waals surface area contributed by atoms with Gasteiger partial charge in [-0.25, -0.2) is 4.98 Å². The highest BCUT2D eigenvalue weighted by molar-refractivity contribution is 5.90. The molecule has 0 bridgehead atoms. The van der Waals surface area contributed by atoms with Gasteiger partial charge in [-0.1, -0.05) is 42.0 Å². The van der Waals surface area contributed by atoms with E-state index in [2.05, 4.69) is 40.7 Å². The summed E-state index contributed by atoms with van der Waals surface area (Å²) < 4.78 is 0. The standard InChI is InChI=1S/C25H30N6O/c1-18-5-4-6-19(15-18)16-23(32)31-12-9-20(17-31)27-25-28-22-8-3-2-7-21(22)24(29-25)30-13-10-26-11-14-30/h2-8,15,20,26H,9-14,16-17H2,1H3,(H,27,28,29)/t20-/m0/s1. The number of aromatic nitrogens is 2. The van der Waals surface area contributed by atoms with Gasteiger partial charge in [0.05, 0.1) is 11.9 Å². The van der Waals surface area contributed by atoms with Crippen molar-refractivity contribution in [3.05, 3.63) is 59.7 Å². The van der Waals surface area contributed by atoms with Crippen LogP contribution in [-0.4, -0.2) is 66.1 Å². The summed E-state index contributed by atoms with van der Waals surface area (Å²) in [6.45, 7) is 7.30. The van der Waals surface area contributed by atoms with E-state index in [0.29, 0.717) is 18.9 Å². The number of anilines is 2. The third kappa shape index (κ3) is 4.53. The average molecular weight is 431 g/mol. The van der Waals surface area contributed by atoms with Gasteiger partial charge in [-0.15, -0.1) is 0 Å². The van der Waals surface area contributed by atoms with Crippen LogP contribution in [0.5, 0.6) is 0 Å². The van der Waals surface area contributed by atoms with Crippen LogP contribution in [0.25, 0.3) is 10.9 Å². The fourth-order valence-electron chi connectivity index (χ4n) is 4.64. The summed E-state index contributed by atoms with van der Waals surface area (Å²) in [5, 5.41) is 8.00. The summed E-state index contributed by atoms with van der Waals surface area (Å²) >= 11 is 0. The van der Waals surface area contributed by atoms with E-state index in [9.17, 15) is 4.79 Å². The van der Waals surface area contributed by atoms with E-state index >= 15 is 0 Å². The molecule has 3 heterocycles. The van der Waals surface area contributed by atoms with E-state index in [1.165, 1.54) is 5.56 Å². The van der Waals surface area contributed by atoms with Crippen molar-refractivity contribution in [2.45, 2.75) is 25.8 Å². The van der Waals surface area contributed by atoms with Gasteiger partial charge in [0.2, 0.25) is 11.9 Å². The Morgan fingerprint density at radius 2 is 1.94 bits per heavy atom. The fourth-order valence-corrected chi connectivity index (χ4v) is 4.64. The molecule has 2 N–H and O–H groups in total. The first kappa shape index (κ1) is 20.7. The minimum atomic E-state index is 0.161. The second-order valence-electron chi connectivity index (χ2n) is 8.76. The number of carbonyl (C=O) groups excluding carboxylic acids is 1. The highest BCUT2D eigenvalue weighted by Gasteiger charge is 2.27. The van der Waals surface area contributed by atoms with Crippen LogP contribution < -0.4 is 15.5 Å². The molecule has 166 valence electrons. The number of hydrogen-bond acceptors (Lipinski definition) is 6. The number of piperazine rings is 1. The summed E-state index contributed by atoms with van der Waals surface area (Å²) in [6, 6.07) is 16.5. The summed E-state index contributed by atoms with van der Waals surface area (Å²) in [5.41, 5.74) is 3.21. The highest BCUT2D eigenvalue weighted by atomic mass is 16.2. The van der Waals surface area contributed by atoms with Gasteiger partial charge in [-0.2, -0.15) is 4.98 Å². The Labute approximate surface area is 188 Å². The van der Waals surface area contributed by atoms with Gasteiger partial charge in [-0.3, -0.25) is 4.79 Å². The number of likely N-dealkylation sites (tertiary alicyclic amines) is 1. The first-order valence-corrected chi connectivity index (χ1v) is 11.5. The number of amides is 1. The van der Waals surface area contributed by atoms with Crippen molar-refractivity contribution in [2.24, 2.45) is 0 Å². The van der Waals surface area contributed by atoms with E-state index in [1.54, 1.807) is 0 Å². The zero-order valence-corrected chi connectivity index (χ0v) is 18.6. The average Bonchev–Trinajstić information content (AvgIpc) is 3.28. The molecule has 2 fully saturated rings. The van der Waals surface area contributed by atoms with Crippen LogP contribution in [0.3, 0.4) is 0 Å². The number of para-hydroxylation sites is 1. The molecule has 3 aromatic rings. The molecule has 1 aromatic heterocycles. The largest absolute Gasteiger partial charge is 0.353 e. The molecule has 1 amide bonds. The number of nitrogens with one attached hydrogen (secondary N) is 2. The number of aryl methyl sites for hydroxylation is 1. The van der Waals surface area contributed by atoms with Crippen molar-refractivity contribution in [2.75, 3.05) is 49.5 Å². The molecule has 0 aliphatic carbocycles. The van der Waals surface area contributed by atoms with Crippen LogP contribution in [0.1, 0.15) is 17.5 Å². The normalized spacial score (nSPS) is 18.8. The van der Waals surface area contributed by atoms with Crippen LogP contribution in [0.4, 0.5) is 11.8 Å². The molecule has 2 aromatic carbocycles. The van der Waals surface area contributed by atoms with E-state index in [0.717, 1.165) is 61.4 Å². The predicted molar refractivity (Wildman–Crippen MR) is 128 cm³/mol. The van der Waals surface area contributed by atoms with Crippen molar-refractivity contribution in [3.8, 4) is 0 Å². The summed E-state index contributed by atoms with van der Waals surface area (Å²) in [7, 11) is 0. The van der Waals surface area contributed by atoms with Crippen molar-refractivity contribution in [3.63, 3.8) is 0 Å². The molecule has 2 aliphatic rings. The molecule has 0 unspecified atom stereocenters. The minimum Gasteiger partial charge on any atom is -0.353 e. The first-order chi connectivity index (χ1) is 15.7. The third-order valence-corrected chi connectivity index (χ3v) is 6.31. The van der Waals surface area contributed by atoms with E-state index < -0.39 is 0 Å². The number of nitrogens with zero attached hydrogens (tertiary/aromatic N) is 4. The number of hydrogen-bond donors (Lipinski definition) is 2. The monoisotopic (exact) mass is 430 g/mol. The predicted octanol–water partition coefficient (Wildman–Crippen LogP) is 2.60. The molecule has 32 heavy (non-hydrogen) atoms. The third-order valence-electron chi connectivity index (χ3n) is 6.31. The van der Waals surface area contributed by atoms with Crippen LogP contribution in [-0.2, 0) is 11.2 Å². The van der Waals surface area contributed by atoms with Gasteiger partial charge >= 0.3 is 0 Å². The van der Waals surface area contributed by atoms with Gasteiger partial charge < -0.3 is 20.4 Å². The van der Waals surface area contributed by atoms with Crippen LogP contribution >= 0.6 is 0 Å². The molecular weight excluding hydrogens is 400 g/mol. The lowest BCUT2D eigenvalue weighted by Gasteiger charge is -2.29. The lowest BCUT2D eigenvalue weighted by Crippen LogP contribution is -2.44. The first-order valence-electron chi connectivity index (χ1n) is 11.5. The molecule has 2 saturated heterocycles. The van der Waals surface area contributed by atoms with Gasteiger partial charge in [0.25, 0.3) is 0 Å². The van der Waals surface area contributed by atoms with Crippen LogP contribution in [0.2, 0.25) is 0 Å². The Hall–Kier alpha value is -3.19. The maximum Gasteiger partial charge on any atom is 0.227 e. The Balaban J connectivity index is 1.29. The lowest BCUT2D eigenvalue weighted by atomic mass is 10.1. The zero-order chi connectivity index (χ0) is 21.9. The van der Waals surface area contributed by atoms with Crippen molar-refractivity contribution >= 4 is 28.6 Å². The summed E-state index contributed by atoms with van der Waals surface area (Å²) in [5.74, 6) is 1.82. The minimum absolute atomic E-state index is 0.161. The second-order valence-corrected chi connectivity index (χ2v) is 8.76. The Morgan fingerprint density at radius 3 is 2.78 bits per heavy atom. The quantitative estimate of drug-likeness (QED) is 0.648. The Morgan fingerprint density at radius 1 is 1.09 bits per heavy atom. The molecule has 2 aliphatic heterocycles. The second kappa shape index (κ2) is 9.12. The van der Waals surface area contributed by atoms with Crippen molar-refractivity contribution < 1.29 is 4.79 Å². The highest BCUT2D eigenvalue weighted by Crippen LogP contribution is 2.26. The molecule has 1 atom stereocenters. The van der Waals surface area contributed by atoms with Gasteiger partial charge in [0.15, 0.2) is 0 Å². The van der Waals surface area contributed by atoms with Crippen molar-refractivity contribution in [1.82, 2.24) is 20.2 Å². The topological polar surface area (TPSA) is 73.4 Å². The molecule has 0 radical (unpaired) electrons. The Bertz CT molecular complexity index is 1110. The SMILES string of the molecule is Cc1cccc(CC(=O)N2CC[C@H](Nc3nc(N4CCNCC4)c4ccccc4n3)C2)c1. The van der Waals surface area contributed by atoms with Crippen LogP contribution in [0, 0.1) is 6.92 Å². The van der Waals surface area contributed by atoms with Gasteiger partial charge in [0, 0.05) is 50.7 Å². The van der Waals surface area contributed by atoms with Gasteiger partial charge in [-0.05, 0) is 31.0 Å². The van der Waals surface area contributed by atoms with E-state index in [-0.39, 0.29) is 11.9 Å². The smallest absolute Gasteiger partial charge is 0.227 e. The number of benzene rings is 2. The van der Waals surface area contributed by atoms with E-state index in [4.69, 9.17) is 9.97 Å².